The fraction of sp³-hybridized carbons (Fsp3) is 0.292. The lowest BCUT2D eigenvalue weighted by Crippen LogP contribution is -2.26. The molecule has 168 valence electrons. The molecule has 0 unspecified atom stereocenters. The van der Waals surface area contributed by atoms with E-state index in [9.17, 15) is 9.59 Å². The molecule has 0 aliphatic rings. The smallest absolute Gasteiger partial charge is 0.294 e. The van der Waals surface area contributed by atoms with Gasteiger partial charge < -0.3 is 20.1 Å². The molecular weight excluding hydrogens is 408 g/mol. The molecular formula is C24H28N4O4. The van der Waals surface area contributed by atoms with Crippen molar-refractivity contribution in [2.75, 3.05) is 25.6 Å². The zero-order chi connectivity index (χ0) is 23.3. The summed E-state index contributed by atoms with van der Waals surface area (Å²) in [6, 6.07) is 10.8. The third-order valence-electron chi connectivity index (χ3n) is 5.09. The third-order valence-corrected chi connectivity index (χ3v) is 5.09. The number of rotatable bonds is 8. The molecule has 8 nitrogen and oxygen atoms in total. The summed E-state index contributed by atoms with van der Waals surface area (Å²) in [7, 11) is 3.15. The van der Waals surface area contributed by atoms with Crippen molar-refractivity contribution < 1.29 is 14.3 Å². The van der Waals surface area contributed by atoms with Crippen molar-refractivity contribution >= 4 is 17.3 Å². The van der Waals surface area contributed by atoms with Gasteiger partial charge in [-0.1, -0.05) is 6.07 Å². The number of carbonyl (C=O) groups excluding carboxylic acids is 1. The lowest BCUT2D eigenvalue weighted by Gasteiger charge is -2.16. The first-order valence-corrected chi connectivity index (χ1v) is 10.3. The van der Waals surface area contributed by atoms with Gasteiger partial charge in [-0.15, -0.1) is 0 Å². The van der Waals surface area contributed by atoms with E-state index in [2.05, 4.69) is 21.8 Å². The fourth-order valence-corrected chi connectivity index (χ4v) is 3.16. The highest BCUT2D eigenvalue weighted by molar-refractivity contribution is 5.94. The number of nitrogens with zero attached hydrogens (tertiary/aromatic N) is 2. The number of ether oxygens (including phenoxy) is 2. The molecule has 1 amide bonds. The number of benzene rings is 2. The Balaban J connectivity index is 1.86. The maximum atomic E-state index is 12.8. The van der Waals surface area contributed by atoms with Crippen molar-refractivity contribution in [1.82, 2.24) is 15.1 Å². The van der Waals surface area contributed by atoms with E-state index in [0.29, 0.717) is 35.9 Å². The van der Waals surface area contributed by atoms with Crippen molar-refractivity contribution in [1.29, 1.82) is 0 Å². The second-order valence-corrected chi connectivity index (χ2v) is 7.57. The minimum absolute atomic E-state index is 0.192. The highest BCUT2D eigenvalue weighted by Gasteiger charge is 2.15. The van der Waals surface area contributed by atoms with Crippen molar-refractivity contribution in [3.63, 3.8) is 0 Å². The van der Waals surface area contributed by atoms with Crippen LogP contribution in [0.5, 0.6) is 11.5 Å². The van der Waals surface area contributed by atoms with Crippen LogP contribution in [-0.2, 0) is 11.8 Å². The number of amides is 1. The van der Waals surface area contributed by atoms with Crippen LogP contribution >= 0.6 is 0 Å². The van der Waals surface area contributed by atoms with Crippen LogP contribution in [0.25, 0.3) is 0 Å². The average molecular weight is 437 g/mol. The quantitative estimate of drug-likeness (QED) is 0.524. The molecule has 0 aliphatic carbocycles. The molecule has 0 radical (unpaired) electrons. The summed E-state index contributed by atoms with van der Waals surface area (Å²) < 4.78 is 12.3. The molecule has 0 fully saturated rings. The number of anilines is 2. The number of aryl methyl sites for hydroxylation is 3. The first-order chi connectivity index (χ1) is 15.3. The van der Waals surface area contributed by atoms with Gasteiger partial charge in [-0.2, -0.15) is 5.10 Å². The van der Waals surface area contributed by atoms with E-state index in [1.54, 1.807) is 38.4 Å². The summed E-state index contributed by atoms with van der Waals surface area (Å²) in [4.78, 5) is 25.0. The maximum absolute atomic E-state index is 12.8. The van der Waals surface area contributed by atoms with E-state index in [1.165, 1.54) is 10.9 Å². The number of carbonyl (C=O) groups is 1. The molecule has 0 saturated carbocycles. The van der Waals surface area contributed by atoms with Crippen LogP contribution in [-0.4, -0.2) is 35.9 Å². The maximum Gasteiger partial charge on any atom is 0.294 e. The number of aromatic nitrogens is 2. The Bertz CT molecular complexity index is 1170. The lowest BCUT2D eigenvalue weighted by molar-refractivity contribution is 0.0937. The van der Waals surface area contributed by atoms with Gasteiger partial charge in [0.15, 0.2) is 11.4 Å². The Labute approximate surface area is 187 Å². The largest absolute Gasteiger partial charge is 0.453 e. The van der Waals surface area contributed by atoms with Gasteiger partial charge in [-0.05, 0) is 67.8 Å². The molecule has 0 bridgehead atoms. The number of hydrogen-bond donors (Lipinski definition) is 2. The van der Waals surface area contributed by atoms with Crippen LogP contribution < -0.4 is 20.9 Å². The van der Waals surface area contributed by atoms with E-state index < -0.39 is 0 Å². The minimum atomic E-state index is -0.328. The molecule has 3 aromatic rings. The van der Waals surface area contributed by atoms with E-state index in [4.69, 9.17) is 9.47 Å². The van der Waals surface area contributed by atoms with Gasteiger partial charge in [0, 0.05) is 32.0 Å². The van der Waals surface area contributed by atoms with Gasteiger partial charge in [0.1, 0.15) is 5.75 Å². The molecule has 0 atom stereocenters. The van der Waals surface area contributed by atoms with Crippen LogP contribution in [0.2, 0.25) is 0 Å². The van der Waals surface area contributed by atoms with Gasteiger partial charge in [0.05, 0.1) is 12.8 Å². The monoisotopic (exact) mass is 436 g/mol. The summed E-state index contributed by atoms with van der Waals surface area (Å²) in [5.41, 5.74) is 4.25. The molecule has 1 heterocycles. The topological polar surface area (TPSA) is 94.5 Å². The van der Waals surface area contributed by atoms with Crippen molar-refractivity contribution in [2.24, 2.45) is 7.05 Å². The van der Waals surface area contributed by atoms with Crippen molar-refractivity contribution in [2.45, 2.75) is 20.8 Å². The van der Waals surface area contributed by atoms with E-state index in [0.717, 1.165) is 16.7 Å². The standard InChI is InChI=1S/C24H28N4O4/c1-15-12-16(2)17(3)20(13-15)32-21-14-26-28(4)24(30)22(21)27-19-8-6-18(7-9-19)23(29)25-10-11-31-5/h6-9,12-14,27H,10-11H2,1-5H3,(H,25,29). The Morgan fingerprint density at radius 1 is 1.09 bits per heavy atom. The summed E-state index contributed by atoms with van der Waals surface area (Å²) >= 11 is 0. The summed E-state index contributed by atoms with van der Waals surface area (Å²) in [6.07, 6.45) is 1.51. The summed E-state index contributed by atoms with van der Waals surface area (Å²) in [5.74, 6) is 0.800. The second kappa shape index (κ2) is 10.1. The lowest BCUT2D eigenvalue weighted by atomic mass is 10.1. The molecule has 32 heavy (non-hydrogen) atoms. The van der Waals surface area contributed by atoms with Gasteiger partial charge in [-0.25, -0.2) is 4.68 Å². The zero-order valence-electron chi connectivity index (χ0n) is 19.0. The summed E-state index contributed by atoms with van der Waals surface area (Å²) in [6.45, 7) is 6.86. The number of nitrogens with one attached hydrogen (secondary N) is 2. The third kappa shape index (κ3) is 5.33. The molecule has 2 N–H and O–H groups in total. The molecule has 3 rings (SSSR count). The highest BCUT2D eigenvalue weighted by Crippen LogP contribution is 2.32. The highest BCUT2D eigenvalue weighted by atomic mass is 16.5. The summed E-state index contributed by atoms with van der Waals surface area (Å²) in [5, 5.41) is 9.99. The van der Waals surface area contributed by atoms with Crippen LogP contribution in [0, 0.1) is 20.8 Å². The normalized spacial score (nSPS) is 10.7. The Hall–Kier alpha value is -3.65. The molecule has 1 aromatic heterocycles. The average Bonchev–Trinajstić information content (AvgIpc) is 2.77. The van der Waals surface area contributed by atoms with Crippen LogP contribution in [0.15, 0.2) is 47.4 Å². The van der Waals surface area contributed by atoms with Gasteiger partial charge >= 0.3 is 0 Å². The van der Waals surface area contributed by atoms with Crippen molar-refractivity contribution in [3.8, 4) is 11.5 Å². The Morgan fingerprint density at radius 3 is 2.50 bits per heavy atom. The first kappa shape index (κ1) is 23.0. The molecule has 0 saturated heterocycles. The second-order valence-electron chi connectivity index (χ2n) is 7.57. The van der Waals surface area contributed by atoms with E-state index in [1.807, 2.05) is 26.8 Å². The predicted molar refractivity (Wildman–Crippen MR) is 124 cm³/mol. The first-order valence-electron chi connectivity index (χ1n) is 10.3. The Morgan fingerprint density at radius 2 is 1.81 bits per heavy atom. The molecule has 0 aliphatic heterocycles. The minimum Gasteiger partial charge on any atom is -0.453 e. The molecule has 2 aromatic carbocycles. The predicted octanol–water partition coefficient (Wildman–Crippen LogP) is 3.62. The molecule has 8 heteroatoms. The Kier molecular flexibility index (Phi) is 7.27. The van der Waals surface area contributed by atoms with Gasteiger partial charge in [-0.3, -0.25) is 9.59 Å². The van der Waals surface area contributed by atoms with E-state index in [-0.39, 0.29) is 17.2 Å². The van der Waals surface area contributed by atoms with Gasteiger partial charge in [0.25, 0.3) is 11.5 Å². The van der Waals surface area contributed by atoms with Crippen LogP contribution in [0.4, 0.5) is 11.4 Å². The number of methoxy groups -OCH3 is 1. The van der Waals surface area contributed by atoms with E-state index >= 15 is 0 Å². The fourth-order valence-electron chi connectivity index (χ4n) is 3.16. The SMILES string of the molecule is COCCNC(=O)c1ccc(Nc2c(Oc3cc(C)cc(C)c3C)cnn(C)c2=O)cc1. The molecule has 0 spiro atoms. The van der Waals surface area contributed by atoms with Crippen LogP contribution in [0.3, 0.4) is 0 Å². The van der Waals surface area contributed by atoms with Crippen LogP contribution in [0.1, 0.15) is 27.0 Å². The zero-order valence-corrected chi connectivity index (χ0v) is 19.0. The number of hydrogen-bond acceptors (Lipinski definition) is 6. The van der Waals surface area contributed by atoms with Crippen molar-refractivity contribution in [3.05, 3.63) is 75.2 Å². The van der Waals surface area contributed by atoms with Gasteiger partial charge in [0.2, 0.25) is 0 Å².